The summed E-state index contributed by atoms with van der Waals surface area (Å²) in [6.45, 7) is 0.0168. The minimum absolute atomic E-state index is 0.0168. The third-order valence-electron chi connectivity index (χ3n) is 4.72. The van der Waals surface area contributed by atoms with Gasteiger partial charge >= 0.3 is 5.97 Å². The molecule has 2 aliphatic heterocycles. The lowest BCUT2D eigenvalue weighted by molar-refractivity contribution is -0.136. The lowest BCUT2D eigenvalue weighted by Gasteiger charge is -2.32. The molecule has 0 N–H and O–H groups in total. The molecule has 1 amide bonds. The van der Waals surface area contributed by atoms with E-state index in [1.807, 2.05) is 18.2 Å². The van der Waals surface area contributed by atoms with Gasteiger partial charge in [-0.3, -0.25) is 9.69 Å². The van der Waals surface area contributed by atoms with E-state index >= 15 is 0 Å². The molecular weight excluding hydrogens is 337 g/mol. The number of esters is 1. The van der Waals surface area contributed by atoms with Crippen LogP contribution in [0.2, 0.25) is 0 Å². The third-order valence-corrected chi connectivity index (χ3v) is 4.72. The number of carbonyl (C=O) groups excluding carboxylic acids is 2. The number of halogens is 1. The smallest absolute Gasteiger partial charge is 0.336 e. The van der Waals surface area contributed by atoms with Crippen LogP contribution in [0.25, 0.3) is 0 Å². The topological polar surface area (TPSA) is 55.8 Å². The summed E-state index contributed by atoms with van der Waals surface area (Å²) in [4.78, 5) is 26.8. The van der Waals surface area contributed by atoms with Crippen molar-refractivity contribution in [2.75, 3.05) is 18.6 Å². The molecule has 0 saturated carbocycles. The van der Waals surface area contributed by atoms with Gasteiger partial charge in [-0.15, -0.1) is 0 Å². The summed E-state index contributed by atoms with van der Waals surface area (Å²) in [6.07, 6.45) is 0.103. The molecule has 5 nitrogen and oxygen atoms in total. The van der Waals surface area contributed by atoms with Gasteiger partial charge in [0, 0.05) is 23.6 Å². The molecule has 26 heavy (non-hydrogen) atoms. The Hall–Kier alpha value is -3.15. The fraction of sp³-hybridized carbons (Fsp3) is 0.200. The second kappa shape index (κ2) is 6.29. The highest BCUT2D eigenvalue weighted by atomic mass is 19.1. The van der Waals surface area contributed by atoms with Gasteiger partial charge in [-0.25, -0.2) is 9.18 Å². The molecule has 2 aliphatic rings. The molecule has 132 valence electrons. The van der Waals surface area contributed by atoms with Crippen LogP contribution in [-0.4, -0.2) is 25.6 Å². The summed E-state index contributed by atoms with van der Waals surface area (Å²) in [5.74, 6) is -0.814. The summed E-state index contributed by atoms with van der Waals surface area (Å²) < 4.78 is 23.9. The maximum atomic E-state index is 13.2. The highest BCUT2D eigenvalue weighted by molar-refractivity contribution is 6.06. The van der Waals surface area contributed by atoms with Gasteiger partial charge in [-0.2, -0.15) is 0 Å². The van der Waals surface area contributed by atoms with E-state index in [1.54, 1.807) is 13.2 Å². The normalized spacial score (nSPS) is 19.5. The molecule has 0 aliphatic carbocycles. The quantitative estimate of drug-likeness (QED) is 0.796. The van der Waals surface area contributed by atoms with Crippen molar-refractivity contribution in [2.24, 2.45) is 0 Å². The SMILES string of the molecule is COc1ccccc1C1CC(=O)N(c2ccc(F)cc2)C2=C1C(=O)OC2. The van der Waals surface area contributed by atoms with Gasteiger partial charge in [-0.05, 0) is 30.3 Å². The molecule has 0 bridgehead atoms. The first kappa shape index (κ1) is 16.3. The summed E-state index contributed by atoms with van der Waals surface area (Å²) in [7, 11) is 1.55. The number of hydrogen-bond donors (Lipinski definition) is 0. The number of benzene rings is 2. The van der Waals surface area contributed by atoms with Crippen molar-refractivity contribution in [1.82, 2.24) is 0 Å². The second-order valence-electron chi connectivity index (χ2n) is 6.14. The molecule has 2 aromatic rings. The first-order valence-corrected chi connectivity index (χ1v) is 8.21. The molecule has 0 radical (unpaired) electrons. The van der Waals surface area contributed by atoms with E-state index in [4.69, 9.17) is 9.47 Å². The van der Waals surface area contributed by atoms with E-state index in [1.165, 1.54) is 29.2 Å². The molecule has 0 fully saturated rings. The van der Waals surface area contributed by atoms with Crippen molar-refractivity contribution < 1.29 is 23.5 Å². The van der Waals surface area contributed by atoms with E-state index < -0.39 is 17.7 Å². The van der Waals surface area contributed by atoms with Gasteiger partial charge in [0.2, 0.25) is 5.91 Å². The number of anilines is 1. The van der Waals surface area contributed by atoms with Crippen LogP contribution in [0.15, 0.2) is 59.8 Å². The number of nitrogens with zero attached hydrogens (tertiary/aromatic N) is 1. The first-order chi connectivity index (χ1) is 12.6. The Morgan fingerprint density at radius 1 is 1.12 bits per heavy atom. The number of cyclic esters (lactones) is 1. The van der Waals surface area contributed by atoms with Gasteiger partial charge in [0.05, 0.1) is 18.4 Å². The van der Waals surface area contributed by atoms with Crippen LogP contribution in [0.5, 0.6) is 5.75 Å². The highest BCUT2D eigenvalue weighted by Crippen LogP contribution is 2.44. The summed E-state index contributed by atoms with van der Waals surface area (Å²) >= 11 is 0. The van der Waals surface area contributed by atoms with E-state index in [-0.39, 0.29) is 18.9 Å². The largest absolute Gasteiger partial charge is 0.496 e. The predicted octanol–water partition coefficient (Wildman–Crippen LogP) is 3.17. The van der Waals surface area contributed by atoms with Crippen LogP contribution in [-0.2, 0) is 14.3 Å². The molecule has 4 rings (SSSR count). The minimum Gasteiger partial charge on any atom is -0.496 e. The molecule has 0 aromatic heterocycles. The van der Waals surface area contributed by atoms with Gasteiger partial charge in [-0.1, -0.05) is 18.2 Å². The molecule has 0 saturated heterocycles. The first-order valence-electron chi connectivity index (χ1n) is 8.21. The summed E-state index contributed by atoms with van der Waals surface area (Å²) in [5.41, 5.74) is 2.25. The fourth-order valence-corrected chi connectivity index (χ4v) is 3.56. The molecule has 0 spiro atoms. The van der Waals surface area contributed by atoms with Crippen LogP contribution in [0.1, 0.15) is 17.9 Å². The molecule has 2 aromatic carbocycles. The Labute approximate surface area is 149 Å². The van der Waals surface area contributed by atoms with Crippen LogP contribution in [0, 0.1) is 5.82 Å². The maximum Gasteiger partial charge on any atom is 0.336 e. The van der Waals surface area contributed by atoms with Crippen molar-refractivity contribution in [3.05, 3.63) is 71.2 Å². The number of amides is 1. The highest BCUT2D eigenvalue weighted by Gasteiger charge is 2.43. The van der Waals surface area contributed by atoms with Crippen molar-refractivity contribution in [3.63, 3.8) is 0 Å². The number of rotatable bonds is 3. The Bertz CT molecular complexity index is 920. The van der Waals surface area contributed by atoms with Gasteiger partial charge in [0.15, 0.2) is 0 Å². The van der Waals surface area contributed by atoms with Gasteiger partial charge in [0.1, 0.15) is 18.2 Å². The predicted molar refractivity (Wildman–Crippen MR) is 92.2 cm³/mol. The van der Waals surface area contributed by atoms with Crippen LogP contribution in [0.3, 0.4) is 0 Å². The maximum absolute atomic E-state index is 13.2. The Morgan fingerprint density at radius 3 is 2.58 bits per heavy atom. The number of carbonyl (C=O) groups is 2. The van der Waals surface area contributed by atoms with Crippen LogP contribution in [0.4, 0.5) is 10.1 Å². The molecule has 1 atom stereocenters. The Kier molecular flexibility index (Phi) is 3.95. The number of methoxy groups -OCH3 is 1. The lowest BCUT2D eigenvalue weighted by Crippen LogP contribution is -2.37. The van der Waals surface area contributed by atoms with Crippen LogP contribution < -0.4 is 9.64 Å². The lowest BCUT2D eigenvalue weighted by atomic mass is 9.83. The average molecular weight is 353 g/mol. The van der Waals surface area contributed by atoms with Crippen molar-refractivity contribution >= 4 is 17.6 Å². The summed E-state index contributed by atoms with van der Waals surface area (Å²) in [6, 6.07) is 12.9. The molecule has 2 heterocycles. The second-order valence-corrected chi connectivity index (χ2v) is 6.14. The van der Waals surface area contributed by atoms with E-state index in [0.29, 0.717) is 22.7 Å². The zero-order chi connectivity index (χ0) is 18.3. The Morgan fingerprint density at radius 2 is 1.85 bits per heavy atom. The zero-order valence-electron chi connectivity index (χ0n) is 14.1. The molecule has 1 unspecified atom stereocenters. The monoisotopic (exact) mass is 353 g/mol. The fourth-order valence-electron chi connectivity index (χ4n) is 3.56. The van der Waals surface area contributed by atoms with Crippen molar-refractivity contribution in [2.45, 2.75) is 12.3 Å². The van der Waals surface area contributed by atoms with Crippen LogP contribution >= 0.6 is 0 Å². The van der Waals surface area contributed by atoms with Crippen molar-refractivity contribution in [1.29, 1.82) is 0 Å². The van der Waals surface area contributed by atoms with E-state index in [9.17, 15) is 14.0 Å². The Balaban J connectivity index is 1.84. The third kappa shape index (κ3) is 2.54. The standard InChI is InChI=1S/C20H16FNO4/c1-25-17-5-3-2-4-14(17)15-10-18(23)22(13-8-6-12(21)7-9-13)16-11-26-20(24)19(15)16/h2-9,15H,10-11H2,1H3. The average Bonchev–Trinajstić information content (AvgIpc) is 3.04. The summed E-state index contributed by atoms with van der Waals surface area (Å²) in [5, 5.41) is 0. The zero-order valence-corrected chi connectivity index (χ0v) is 14.1. The van der Waals surface area contributed by atoms with Gasteiger partial charge < -0.3 is 9.47 Å². The van der Waals surface area contributed by atoms with Gasteiger partial charge in [0.25, 0.3) is 0 Å². The number of para-hydroxylation sites is 1. The molecule has 6 heteroatoms. The van der Waals surface area contributed by atoms with E-state index in [0.717, 1.165) is 5.56 Å². The van der Waals surface area contributed by atoms with Crippen molar-refractivity contribution in [3.8, 4) is 5.75 Å². The number of hydrogen-bond acceptors (Lipinski definition) is 4. The number of ether oxygens (including phenoxy) is 2. The van der Waals surface area contributed by atoms with E-state index in [2.05, 4.69) is 0 Å². The molecular formula is C20H16FNO4. The minimum atomic E-state index is -0.435.